The van der Waals surface area contributed by atoms with Gasteiger partial charge in [0.25, 0.3) is 0 Å². The van der Waals surface area contributed by atoms with Crippen LogP contribution in [0.15, 0.2) is 0 Å². The van der Waals surface area contributed by atoms with Gasteiger partial charge in [0, 0.05) is 0 Å². The molecule has 0 saturated heterocycles. The summed E-state index contributed by atoms with van der Waals surface area (Å²) in [5.74, 6) is -1.21. The minimum atomic E-state index is -0.919. The van der Waals surface area contributed by atoms with E-state index in [1.807, 2.05) is 6.92 Å². The van der Waals surface area contributed by atoms with Gasteiger partial charge in [-0.15, -0.1) is 0 Å². The molecule has 1 N–H and O–H groups in total. The van der Waals surface area contributed by atoms with Gasteiger partial charge in [-0.05, 0) is 40.5 Å². The minimum Gasteiger partial charge on any atom is -0.481 e. The lowest BCUT2D eigenvalue weighted by atomic mass is 9.72. The lowest BCUT2D eigenvalue weighted by Gasteiger charge is -2.32. The van der Waals surface area contributed by atoms with Gasteiger partial charge in [-0.25, -0.2) is 0 Å². The molecule has 16 heavy (non-hydrogen) atoms. The Morgan fingerprint density at radius 1 is 1.19 bits per heavy atom. The molecule has 0 aromatic carbocycles. The van der Waals surface area contributed by atoms with Crippen molar-refractivity contribution in [1.82, 2.24) is 0 Å². The molecule has 0 heterocycles. The van der Waals surface area contributed by atoms with E-state index in [0.717, 1.165) is 0 Å². The van der Waals surface area contributed by atoms with Gasteiger partial charge in [-0.2, -0.15) is 0 Å². The lowest BCUT2D eigenvalue weighted by molar-refractivity contribution is -0.160. The van der Waals surface area contributed by atoms with Crippen LogP contribution in [0.2, 0.25) is 0 Å². The zero-order valence-corrected chi connectivity index (χ0v) is 10.8. The molecule has 4 heteroatoms. The fourth-order valence-corrected chi connectivity index (χ4v) is 1.70. The van der Waals surface area contributed by atoms with Crippen molar-refractivity contribution in [3.05, 3.63) is 0 Å². The SMILES string of the molecule is CCOC(=O)C(C)(CC)CC(C)(C)C(=O)O. The Kier molecular flexibility index (Phi) is 4.97. The average molecular weight is 230 g/mol. The second-order valence-electron chi connectivity index (χ2n) is 5.00. The molecular formula is C12H22O4. The summed E-state index contributed by atoms with van der Waals surface area (Å²) in [7, 11) is 0. The molecule has 0 spiro atoms. The van der Waals surface area contributed by atoms with Gasteiger partial charge in [-0.1, -0.05) is 6.92 Å². The van der Waals surface area contributed by atoms with Gasteiger partial charge in [-0.3, -0.25) is 9.59 Å². The van der Waals surface area contributed by atoms with E-state index in [9.17, 15) is 9.59 Å². The van der Waals surface area contributed by atoms with Crippen molar-refractivity contribution in [3.8, 4) is 0 Å². The summed E-state index contributed by atoms with van der Waals surface area (Å²) >= 11 is 0. The number of carboxylic acids is 1. The van der Waals surface area contributed by atoms with Crippen molar-refractivity contribution in [2.45, 2.75) is 47.5 Å². The standard InChI is InChI=1S/C12H22O4/c1-6-12(5,10(15)16-7-2)8-11(3,4)9(13)14/h6-8H2,1-5H3,(H,13,14). The Balaban J connectivity index is 4.85. The van der Waals surface area contributed by atoms with E-state index >= 15 is 0 Å². The van der Waals surface area contributed by atoms with Crippen LogP contribution in [0.25, 0.3) is 0 Å². The van der Waals surface area contributed by atoms with Crippen LogP contribution < -0.4 is 0 Å². The number of carbonyl (C=O) groups excluding carboxylic acids is 1. The average Bonchev–Trinajstić information content (AvgIpc) is 2.17. The number of aliphatic carboxylic acids is 1. The van der Waals surface area contributed by atoms with E-state index in [2.05, 4.69) is 0 Å². The monoisotopic (exact) mass is 230 g/mol. The third-order valence-corrected chi connectivity index (χ3v) is 2.96. The Bertz CT molecular complexity index is 270. The normalized spacial score (nSPS) is 15.3. The quantitative estimate of drug-likeness (QED) is 0.712. The molecule has 0 fully saturated rings. The van der Waals surface area contributed by atoms with E-state index in [1.54, 1.807) is 27.7 Å². The van der Waals surface area contributed by atoms with Crippen LogP contribution >= 0.6 is 0 Å². The van der Waals surface area contributed by atoms with Gasteiger partial charge in [0.05, 0.1) is 17.4 Å². The van der Waals surface area contributed by atoms with Crippen molar-refractivity contribution in [2.24, 2.45) is 10.8 Å². The summed E-state index contributed by atoms with van der Waals surface area (Å²) in [4.78, 5) is 22.8. The van der Waals surface area contributed by atoms with Crippen LogP contribution in [-0.4, -0.2) is 23.7 Å². The molecule has 4 nitrogen and oxygen atoms in total. The fraction of sp³-hybridized carbons (Fsp3) is 0.833. The molecule has 0 aromatic heterocycles. The summed E-state index contributed by atoms with van der Waals surface area (Å²) in [5, 5.41) is 9.06. The van der Waals surface area contributed by atoms with Crippen LogP contribution in [0, 0.1) is 10.8 Å². The van der Waals surface area contributed by atoms with Crippen LogP contribution in [0.3, 0.4) is 0 Å². The summed E-state index contributed by atoms with van der Waals surface area (Å²) in [6.45, 7) is 8.95. The molecule has 0 aliphatic carbocycles. The van der Waals surface area contributed by atoms with Crippen molar-refractivity contribution >= 4 is 11.9 Å². The highest BCUT2D eigenvalue weighted by Crippen LogP contribution is 2.37. The van der Waals surface area contributed by atoms with Gasteiger partial charge in [0.15, 0.2) is 0 Å². The summed E-state index contributed by atoms with van der Waals surface area (Å²) in [6.07, 6.45) is 0.854. The van der Waals surface area contributed by atoms with Gasteiger partial charge < -0.3 is 9.84 Å². The third kappa shape index (κ3) is 3.51. The summed E-state index contributed by atoms with van der Waals surface area (Å²) < 4.78 is 4.99. The molecule has 0 radical (unpaired) electrons. The van der Waals surface area contributed by atoms with Crippen molar-refractivity contribution in [2.75, 3.05) is 6.61 Å². The number of ether oxygens (including phenoxy) is 1. The Morgan fingerprint density at radius 3 is 2.00 bits per heavy atom. The smallest absolute Gasteiger partial charge is 0.311 e. The number of esters is 1. The molecule has 0 aliphatic rings. The van der Waals surface area contributed by atoms with Crippen molar-refractivity contribution in [3.63, 3.8) is 0 Å². The molecule has 0 saturated carbocycles. The number of rotatable bonds is 6. The molecule has 1 unspecified atom stereocenters. The number of carbonyl (C=O) groups is 2. The van der Waals surface area contributed by atoms with E-state index in [4.69, 9.17) is 9.84 Å². The van der Waals surface area contributed by atoms with Gasteiger partial charge in [0.2, 0.25) is 0 Å². The molecule has 1 atom stereocenters. The number of carboxylic acid groups (broad SMARTS) is 1. The lowest BCUT2D eigenvalue weighted by Crippen LogP contribution is -2.37. The van der Waals surface area contributed by atoms with Crippen LogP contribution in [0.5, 0.6) is 0 Å². The third-order valence-electron chi connectivity index (χ3n) is 2.96. The highest BCUT2D eigenvalue weighted by molar-refractivity contribution is 5.79. The van der Waals surface area contributed by atoms with Gasteiger partial charge in [0.1, 0.15) is 0 Å². The summed E-state index contributed by atoms with van der Waals surface area (Å²) in [6, 6.07) is 0. The van der Waals surface area contributed by atoms with E-state index < -0.39 is 16.8 Å². The van der Waals surface area contributed by atoms with Gasteiger partial charge >= 0.3 is 11.9 Å². The maximum atomic E-state index is 11.8. The Hall–Kier alpha value is -1.06. The van der Waals surface area contributed by atoms with Crippen LogP contribution in [-0.2, 0) is 14.3 Å². The first kappa shape index (κ1) is 14.9. The first-order valence-electron chi connectivity index (χ1n) is 5.60. The number of hydrogen-bond donors (Lipinski definition) is 1. The molecule has 0 bridgehead atoms. The first-order valence-corrected chi connectivity index (χ1v) is 5.60. The van der Waals surface area contributed by atoms with E-state index in [1.165, 1.54) is 0 Å². The minimum absolute atomic E-state index is 0.282. The predicted molar refractivity (Wildman–Crippen MR) is 61.1 cm³/mol. The maximum Gasteiger partial charge on any atom is 0.311 e. The van der Waals surface area contributed by atoms with Crippen LogP contribution in [0.4, 0.5) is 0 Å². The molecule has 94 valence electrons. The zero-order valence-electron chi connectivity index (χ0n) is 10.8. The largest absolute Gasteiger partial charge is 0.481 e. The summed E-state index contributed by atoms with van der Waals surface area (Å²) in [5.41, 5.74) is -1.64. The zero-order chi connectivity index (χ0) is 13.0. The number of hydrogen-bond acceptors (Lipinski definition) is 3. The Morgan fingerprint density at radius 2 is 1.69 bits per heavy atom. The topological polar surface area (TPSA) is 63.6 Å². The molecule has 0 rings (SSSR count). The predicted octanol–water partition coefficient (Wildman–Crippen LogP) is 2.47. The fourth-order valence-electron chi connectivity index (χ4n) is 1.70. The highest BCUT2D eigenvalue weighted by atomic mass is 16.5. The molecule has 0 amide bonds. The highest BCUT2D eigenvalue weighted by Gasteiger charge is 2.41. The molecule has 0 aromatic rings. The second-order valence-corrected chi connectivity index (χ2v) is 5.00. The van der Waals surface area contributed by atoms with Crippen molar-refractivity contribution in [1.29, 1.82) is 0 Å². The Labute approximate surface area is 97.0 Å². The van der Waals surface area contributed by atoms with Crippen molar-refractivity contribution < 1.29 is 19.4 Å². The molecular weight excluding hydrogens is 208 g/mol. The maximum absolute atomic E-state index is 11.8. The van der Waals surface area contributed by atoms with E-state index in [-0.39, 0.29) is 12.4 Å². The molecule has 0 aliphatic heterocycles. The van der Waals surface area contributed by atoms with Crippen LogP contribution in [0.1, 0.15) is 47.5 Å². The first-order chi connectivity index (χ1) is 7.19. The second kappa shape index (κ2) is 5.32. The van der Waals surface area contributed by atoms with E-state index in [0.29, 0.717) is 13.0 Å².